The van der Waals surface area contributed by atoms with Crippen LogP contribution in [-0.4, -0.2) is 0 Å². The normalized spacial score (nSPS) is 11.5. The van der Waals surface area contributed by atoms with Crippen LogP contribution in [0.3, 0.4) is 0 Å². The third-order valence-corrected chi connectivity index (χ3v) is 1.74. The molecule has 0 aliphatic carbocycles. The van der Waals surface area contributed by atoms with Crippen molar-refractivity contribution in [2.24, 2.45) is 0 Å². The Hall–Kier alpha value is -0.780. The molecule has 0 aromatic rings. The lowest BCUT2D eigenvalue weighted by Crippen LogP contribution is -1.69. The summed E-state index contributed by atoms with van der Waals surface area (Å²) in [5.74, 6) is 0. The van der Waals surface area contributed by atoms with Crippen LogP contribution in [-0.2, 0) is 0 Å². The summed E-state index contributed by atoms with van der Waals surface area (Å²) in [7, 11) is 0. The molecule has 0 atom stereocenters. The monoisotopic (exact) mass is 177 g/mol. The van der Waals surface area contributed by atoms with Crippen LogP contribution in [0.4, 0.5) is 0 Å². The maximum atomic E-state index is 3.66. The van der Waals surface area contributed by atoms with Gasteiger partial charge in [0, 0.05) is 0 Å². The molecule has 0 amide bonds. The van der Waals surface area contributed by atoms with Crippen LogP contribution in [0.15, 0.2) is 37.0 Å². The molecular weight excluding hydrogens is 156 g/mol. The van der Waals surface area contributed by atoms with Gasteiger partial charge in [0.05, 0.1) is 0 Å². The van der Waals surface area contributed by atoms with E-state index >= 15 is 0 Å². The van der Waals surface area contributed by atoms with Gasteiger partial charge < -0.3 is 0 Å². The van der Waals surface area contributed by atoms with Crippen LogP contribution >= 0.6 is 0 Å². The van der Waals surface area contributed by atoms with E-state index in [4.69, 9.17) is 0 Å². The Morgan fingerprint density at radius 3 is 2.54 bits per heavy atom. The molecule has 0 bridgehead atoms. The lowest BCUT2D eigenvalue weighted by molar-refractivity contribution is 0.815. The van der Waals surface area contributed by atoms with E-state index < -0.39 is 0 Å². The molecule has 0 saturated heterocycles. The van der Waals surface area contributed by atoms with Gasteiger partial charge in [0.25, 0.3) is 0 Å². The fraction of sp³-hybridized carbons (Fsp3) is 0.462. The maximum Gasteiger partial charge on any atom is -0.0311 e. The molecule has 0 spiro atoms. The highest BCUT2D eigenvalue weighted by Crippen LogP contribution is 1.97. The molecule has 0 aliphatic heterocycles. The molecule has 0 unspecified atom stereocenters. The molecule has 0 heteroatoms. The Morgan fingerprint density at radius 2 is 1.85 bits per heavy atom. The van der Waals surface area contributed by atoms with Crippen molar-refractivity contribution in [2.45, 2.75) is 39.0 Å². The van der Waals surface area contributed by atoms with E-state index in [0.717, 1.165) is 12.8 Å². The van der Waals surface area contributed by atoms with E-state index in [1.165, 1.54) is 19.3 Å². The average molecular weight is 177 g/mol. The molecule has 0 heterocycles. The van der Waals surface area contributed by atoms with Gasteiger partial charge in [-0.25, -0.2) is 0 Å². The van der Waals surface area contributed by atoms with Gasteiger partial charge in [-0.3, -0.25) is 0 Å². The zero-order valence-corrected chi connectivity index (χ0v) is 8.71. The first-order valence-corrected chi connectivity index (χ1v) is 5.16. The first-order valence-electron chi connectivity index (χ1n) is 5.16. The van der Waals surface area contributed by atoms with Crippen molar-refractivity contribution in [2.75, 3.05) is 0 Å². The van der Waals surface area contributed by atoms with Crippen molar-refractivity contribution in [3.63, 3.8) is 0 Å². The predicted octanol–water partition coefficient (Wildman–Crippen LogP) is 4.46. The number of allylic oxidation sites excluding steroid dienone is 5. The van der Waals surface area contributed by atoms with Crippen molar-refractivity contribution in [1.29, 1.82) is 0 Å². The average Bonchev–Trinajstić information content (AvgIpc) is 2.16. The summed E-state index contributed by atoms with van der Waals surface area (Å²) in [6.45, 7) is 5.88. The molecule has 0 aromatic heterocycles. The minimum Gasteiger partial charge on any atom is -0.103 e. The van der Waals surface area contributed by atoms with E-state index in [0.29, 0.717) is 0 Å². The van der Waals surface area contributed by atoms with Crippen molar-refractivity contribution in [3.05, 3.63) is 43.4 Å². The Balaban J connectivity index is 3.19. The van der Waals surface area contributed by atoms with E-state index in [2.05, 4.69) is 44.2 Å². The van der Waals surface area contributed by atoms with Crippen LogP contribution in [0, 0.1) is 6.42 Å². The van der Waals surface area contributed by atoms with Crippen molar-refractivity contribution >= 4 is 0 Å². The number of rotatable bonds is 8. The lowest BCUT2D eigenvalue weighted by Gasteiger charge is -1.87. The first kappa shape index (κ1) is 12.2. The molecule has 13 heavy (non-hydrogen) atoms. The standard InChI is InChI=1S/C13H21/c1-3-5-7-9-11-13-12-10-8-6-4-2/h3,7,10-13H,1,4-6,8-9H2,2H3/b12-10+,13-11+. The van der Waals surface area contributed by atoms with Crippen LogP contribution in [0.5, 0.6) is 0 Å². The van der Waals surface area contributed by atoms with Gasteiger partial charge in [0.1, 0.15) is 0 Å². The summed E-state index contributed by atoms with van der Waals surface area (Å²) < 4.78 is 0. The lowest BCUT2D eigenvalue weighted by atomic mass is 10.2. The predicted molar refractivity (Wildman–Crippen MR) is 61.5 cm³/mol. The quantitative estimate of drug-likeness (QED) is 0.292. The van der Waals surface area contributed by atoms with Gasteiger partial charge in [0.15, 0.2) is 0 Å². The second kappa shape index (κ2) is 11.2. The topological polar surface area (TPSA) is 0 Å². The highest BCUT2D eigenvalue weighted by Gasteiger charge is 1.78. The SMILES string of the molecule is C=CC[CH]C/C=C/C=C/CCCC. The summed E-state index contributed by atoms with van der Waals surface area (Å²) in [5, 5.41) is 0. The fourth-order valence-electron chi connectivity index (χ4n) is 0.964. The number of hydrogen-bond acceptors (Lipinski definition) is 0. The number of hydrogen-bond donors (Lipinski definition) is 0. The van der Waals surface area contributed by atoms with E-state index in [-0.39, 0.29) is 0 Å². The molecule has 0 saturated carbocycles. The zero-order chi connectivity index (χ0) is 9.78. The number of unbranched alkanes of at least 4 members (excludes halogenated alkanes) is 4. The van der Waals surface area contributed by atoms with Gasteiger partial charge in [-0.15, -0.1) is 6.58 Å². The summed E-state index contributed by atoms with van der Waals surface area (Å²) in [6.07, 6.45) is 18.6. The van der Waals surface area contributed by atoms with Gasteiger partial charge in [0.2, 0.25) is 0 Å². The molecule has 0 aliphatic rings. The van der Waals surface area contributed by atoms with E-state index in [9.17, 15) is 0 Å². The van der Waals surface area contributed by atoms with Crippen molar-refractivity contribution in [3.8, 4) is 0 Å². The van der Waals surface area contributed by atoms with Crippen molar-refractivity contribution in [1.82, 2.24) is 0 Å². The second-order valence-electron chi connectivity index (χ2n) is 3.05. The summed E-state index contributed by atoms with van der Waals surface area (Å²) in [6, 6.07) is 0. The molecule has 0 rings (SSSR count). The molecule has 0 N–H and O–H groups in total. The molecule has 0 nitrogen and oxygen atoms in total. The highest BCUT2D eigenvalue weighted by molar-refractivity contribution is 5.03. The van der Waals surface area contributed by atoms with Crippen LogP contribution in [0.25, 0.3) is 0 Å². The van der Waals surface area contributed by atoms with Crippen molar-refractivity contribution < 1.29 is 0 Å². The van der Waals surface area contributed by atoms with E-state index in [1.807, 2.05) is 6.08 Å². The summed E-state index contributed by atoms with van der Waals surface area (Å²) in [4.78, 5) is 0. The summed E-state index contributed by atoms with van der Waals surface area (Å²) >= 11 is 0. The summed E-state index contributed by atoms with van der Waals surface area (Å²) in [5.41, 5.74) is 0. The van der Waals surface area contributed by atoms with Gasteiger partial charge in [-0.05, 0) is 25.7 Å². The molecule has 73 valence electrons. The Labute approximate surface area is 83.0 Å². The van der Waals surface area contributed by atoms with Crippen LogP contribution in [0.2, 0.25) is 0 Å². The Morgan fingerprint density at radius 1 is 1.08 bits per heavy atom. The molecule has 0 fully saturated rings. The van der Waals surface area contributed by atoms with Crippen LogP contribution in [0.1, 0.15) is 39.0 Å². The first-order chi connectivity index (χ1) is 6.41. The van der Waals surface area contributed by atoms with Gasteiger partial charge in [-0.1, -0.05) is 50.1 Å². The zero-order valence-electron chi connectivity index (χ0n) is 8.71. The molecular formula is C13H21. The highest BCUT2D eigenvalue weighted by atomic mass is 13.8. The Kier molecular flexibility index (Phi) is 10.5. The minimum absolute atomic E-state index is 1.00. The van der Waals surface area contributed by atoms with E-state index in [1.54, 1.807) is 0 Å². The molecule has 1 radical (unpaired) electrons. The minimum atomic E-state index is 1.00. The van der Waals surface area contributed by atoms with Crippen LogP contribution < -0.4 is 0 Å². The Bertz CT molecular complexity index is 151. The smallest absolute Gasteiger partial charge is 0.0311 e. The maximum absolute atomic E-state index is 3.66. The van der Waals surface area contributed by atoms with Gasteiger partial charge >= 0.3 is 0 Å². The van der Waals surface area contributed by atoms with Gasteiger partial charge in [-0.2, -0.15) is 0 Å². The fourth-order valence-corrected chi connectivity index (χ4v) is 0.964. The third kappa shape index (κ3) is 11.2. The molecule has 0 aromatic carbocycles. The third-order valence-electron chi connectivity index (χ3n) is 1.74. The second-order valence-corrected chi connectivity index (χ2v) is 3.05. The largest absolute Gasteiger partial charge is 0.103 e.